The van der Waals surface area contributed by atoms with Gasteiger partial charge in [-0.1, -0.05) is 0 Å². The molecule has 0 spiro atoms. The fourth-order valence-electron chi connectivity index (χ4n) is 4.20. The maximum absolute atomic E-state index is 12.9. The van der Waals surface area contributed by atoms with Gasteiger partial charge in [0.1, 0.15) is 23.7 Å². The van der Waals surface area contributed by atoms with Gasteiger partial charge in [0.05, 0.1) is 11.5 Å². The molecule has 1 aromatic carbocycles. The number of nitro groups is 1. The summed E-state index contributed by atoms with van der Waals surface area (Å²) in [5.74, 6) is -0.107. The number of rotatable bonds is 8. The monoisotopic (exact) mass is 480 g/mol. The van der Waals surface area contributed by atoms with Crippen molar-refractivity contribution in [3.8, 4) is 11.3 Å². The number of hydrogen-bond acceptors (Lipinski definition) is 8. The molecule has 0 unspecified atom stereocenters. The molecule has 184 valence electrons. The summed E-state index contributed by atoms with van der Waals surface area (Å²) >= 11 is 0. The highest BCUT2D eigenvalue weighted by Gasteiger charge is 2.22. The van der Waals surface area contributed by atoms with Crippen molar-refractivity contribution < 1.29 is 19.2 Å². The summed E-state index contributed by atoms with van der Waals surface area (Å²) in [6.45, 7) is 1.89. The van der Waals surface area contributed by atoms with E-state index in [4.69, 9.17) is 10.5 Å². The number of pyridine rings is 1. The molecule has 1 fully saturated rings. The highest BCUT2D eigenvalue weighted by molar-refractivity contribution is 5.95. The normalized spacial score (nSPS) is 17.7. The third-order valence-corrected chi connectivity index (χ3v) is 6.05. The van der Waals surface area contributed by atoms with Crippen molar-refractivity contribution in [3.05, 3.63) is 58.3 Å². The minimum Gasteiger partial charge on any atom is -0.465 e. The zero-order chi connectivity index (χ0) is 24.9. The molecule has 1 aliphatic carbocycles. The number of carbonyl (C=O) groups excluding carboxylic acids is 2. The van der Waals surface area contributed by atoms with E-state index in [1.807, 2.05) is 0 Å². The standard InChI is InChI=1S/C24H28N6O5/c1-2-35-21(31)14-26-23-22(15-3-9-19(10-4-15)30(33)34)28-20-13-16(11-12-29(20)23)24(32)27-18-7-5-17(25)6-8-18/h3-4,9-13,17-18,26H,2,5-8,14,25H2,1H3,(H,27,32). The average Bonchev–Trinajstić information content (AvgIpc) is 3.22. The van der Waals surface area contributed by atoms with Gasteiger partial charge in [0.25, 0.3) is 11.6 Å². The lowest BCUT2D eigenvalue weighted by Gasteiger charge is -2.26. The molecule has 11 heteroatoms. The Labute approximate surface area is 201 Å². The number of aromatic nitrogens is 2. The smallest absolute Gasteiger partial charge is 0.325 e. The van der Waals surface area contributed by atoms with E-state index < -0.39 is 10.9 Å². The third-order valence-electron chi connectivity index (χ3n) is 6.05. The van der Waals surface area contributed by atoms with Gasteiger partial charge in [0, 0.05) is 41.5 Å². The second-order valence-corrected chi connectivity index (χ2v) is 8.50. The van der Waals surface area contributed by atoms with Crippen LogP contribution in [-0.4, -0.2) is 51.4 Å². The summed E-state index contributed by atoms with van der Waals surface area (Å²) in [5.41, 5.74) is 7.98. The van der Waals surface area contributed by atoms with Gasteiger partial charge in [-0.15, -0.1) is 0 Å². The number of esters is 1. The lowest BCUT2D eigenvalue weighted by atomic mass is 9.91. The van der Waals surface area contributed by atoms with E-state index in [0.717, 1.165) is 25.7 Å². The summed E-state index contributed by atoms with van der Waals surface area (Å²) < 4.78 is 6.73. The Morgan fingerprint density at radius 2 is 1.91 bits per heavy atom. The van der Waals surface area contributed by atoms with Crippen LogP contribution in [0.5, 0.6) is 0 Å². The molecule has 0 bridgehead atoms. The Bertz CT molecular complexity index is 1230. The zero-order valence-electron chi connectivity index (χ0n) is 19.4. The number of non-ortho nitro benzene ring substituents is 1. The van der Waals surface area contributed by atoms with E-state index in [2.05, 4.69) is 15.6 Å². The lowest BCUT2D eigenvalue weighted by Crippen LogP contribution is -2.40. The minimum absolute atomic E-state index is 0.0406. The molecule has 1 saturated carbocycles. The number of imidazole rings is 1. The van der Waals surface area contributed by atoms with Crippen LogP contribution in [0.25, 0.3) is 16.9 Å². The first-order chi connectivity index (χ1) is 16.9. The number of nitrogens with two attached hydrogens (primary N) is 1. The fraction of sp³-hybridized carbons (Fsp3) is 0.375. The van der Waals surface area contributed by atoms with Gasteiger partial charge in [-0.25, -0.2) is 4.98 Å². The van der Waals surface area contributed by atoms with Crippen LogP contribution in [-0.2, 0) is 9.53 Å². The zero-order valence-corrected chi connectivity index (χ0v) is 19.4. The van der Waals surface area contributed by atoms with E-state index in [1.54, 1.807) is 41.8 Å². The predicted molar refractivity (Wildman–Crippen MR) is 130 cm³/mol. The first kappa shape index (κ1) is 24.1. The van der Waals surface area contributed by atoms with Crippen LogP contribution in [0.15, 0.2) is 42.6 Å². The summed E-state index contributed by atoms with van der Waals surface area (Å²) in [4.78, 5) is 40.0. The number of ether oxygens (including phenoxy) is 1. The van der Waals surface area contributed by atoms with Crippen LogP contribution in [0.1, 0.15) is 43.0 Å². The van der Waals surface area contributed by atoms with E-state index in [-0.39, 0.29) is 36.8 Å². The van der Waals surface area contributed by atoms with Crippen molar-refractivity contribution in [3.63, 3.8) is 0 Å². The van der Waals surface area contributed by atoms with Gasteiger partial charge < -0.3 is 21.1 Å². The van der Waals surface area contributed by atoms with Gasteiger partial charge in [0.15, 0.2) is 0 Å². The third kappa shape index (κ3) is 5.57. The first-order valence-electron chi connectivity index (χ1n) is 11.6. The molecule has 1 amide bonds. The van der Waals surface area contributed by atoms with Crippen LogP contribution in [0, 0.1) is 10.1 Å². The highest BCUT2D eigenvalue weighted by Crippen LogP contribution is 2.30. The highest BCUT2D eigenvalue weighted by atomic mass is 16.6. The Morgan fingerprint density at radius 3 is 2.57 bits per heavy atom. The van der Waals surface area contributed by atoms with E-state index in [9.17, 15) is 19.7 Å². The van der Waals surface area contributed by atoms with Crippen LogP contribution >= 0.6 is 0 Å². The second-order valence-electron chi connectivity index (χ2n) is 8.50. The van der Waals surface area contributed by atoms with Crippen molar-refractivity contribution >= 4 is 29.0 Å². The summed E-state index contributed by atoms with van der Waals surface area (Å²) in [5, 5.41) is 17.2. The van der Waals surface area contributed by atoms with E-state index >= 15 is 0 Å². The molecular formula is C24H28N6O5. The Morgan fingerprint density at radius 1 is 1.20 bits per heavy atom. The number of amides is 1. The molecule has 35 heavy (non-hydrogen) atoms. The van der Waals surface area contributed by atoms with Crippen LogP contribution in [0.2, 0.25) is 0 Å². The number of nitrogens with one attached hydrogen (secondary N) is 2. The van der Waals surface area contributed by atoms with Crippen LogP contribution in [0.3, 0.4) is 0 Å². The molecule has 0 aliphatic heterocycles. The van der Waals surface area contributed by atoms with Gasteiger partial charge in [0.2, 0.25) is 0 Å². The number of carbonyl (C=O) groups is 2. The molecular weight excluding hydrogens is 452 g/mol. The molecule has 3 aromatic rings. The van der Waals surface area contributed by atoms with Crippen molar-refractivity contribution in [1.82, 2.24) is 14.7 Å². The largest absolute Gasteiger partial charge is 0.465 e. The van der Waals surface area contributed by atoms with Crippen molar-refractivity contribution in [1.29, 1.82) is 0 Å². The van der Waals surface area contributed by atoms with E-state index in [0.29, 0.717) is 28.3 Å². The molecule has 1 aliphatic rings. The van der Waals surface area contributed by atoms with Crippen molar-refractivity contribution in [2.24, 2.45) is 5.73 Å². The summed E-state index contributed by atoms with van der Waals surface area (Å²) in [7, 11) is 0. The van der Waals surface area contributed by atoms with Crippen LogP contribution in [0.4, 0.5) is 11.5 Å². The number of nitro benzene ring substituents is 1. The SMILES string of the molecule is CCOC(=O)CNc1c(-c2ccc([N+](=O)[O-])cc2)nc2cc(C(=O)NC3CCC(N)CC3)ccn12. The molecule has 4 N–H and O–H groups in total. The molecule has 4 rings (SSSR count). The Kier molecular flexibility index (Phi) is 7.25. The van der Waals surface area contributed by atoms with Gasteiger partial charge in [-0.3, -0.25) is 24.1 Å². The Balaban J connectivity index is 1.64. The van der Waals surface area contributed by atoms with Crippen molar-refractivity contribution in [2.75, 3.05) is 18.5 Å². The maximum atomic E-state index is 12.9. The van der Waals surface area contributed by atoms with Crippen molar-refractivity contribution in [2.45, 2.75) is 44.7 Å². The molecule has 2 aromatic heterocycles. The molecule has 0 radical (unpaired) electrons. The predicted octanol–water partition coefficient (Wildman–Crippen LogP) is 2.88. The molecule has 2 heterocycles. The topological polar surface area (TPSA) is 154 Å². The quantitative estimate of drug-likeness (QED) is 0.253. The number of hydrogen-bond donors (Lipinski definition) is 3. The summed E-state index contributed by atoms with van der Waals surface area (Å²) in [6, 6.07) is 9.63. The number of fused-ring (bicyclic) bond motifs is 1. The molecule has 0 atom stereocenters. The van der Waals surface area contributed by atoms with Crippen LogP contribution < -0.4 is 16.4 Å². The molecule has 0 saturated heterocycles. The lowest BCUT2D eigenvalue weighted by molar-refractivity contribution is -0.384. The number of nitrogens with zero attached hydrogens (tertiary/aromatic N) is 3. The minimum atomic E-state index is -0.474. The Hall–Kier alpha value is -3.99. The fourth-order valence-corrected chi connectivity index (χ4v) is 4.20. The number of benzene rings is 1. The maximum Gasteiger partial charge on any atom is 0.325 e. The van der Waals surface area contributed by atoms with E-state index in [1.165, 1.54) is 12.1 Å². The number of anilines is 1. The average molecular weight is 481 g/mol. The van der Waals surface area contributed by atoms with Gasteiger partial charge in [-0.2, -0.15) is 0 Å². The first-order valence-corrected chi connectivity index (χ1v) is 11.6. The second kappa shape index (κ2) is 10.5. The molecule has 11 nitrogen and oxygen atoms in total. The van der Waals surface area contributed by atoms with Gasteiger partial charge in [-0.05, 0) is 56.9 Å². The summed E-state index contributed by atoms with van der Waals surface area (Å²) in [6.07, 6.45) is 5.18. The van der Waals surface area contributed by atoms with Gasteiger partial charge >= 0.3 is 5.97 Å².